The summed E-state index contributed by atoms with van der Waals surface area (Å²) in [5.41, 5.74) is 1.08. The van der Waals surface area contributed by atoms with E-state index in [1.807, 2.05) is 35.2 Å². The summed E-state index contributed by atoms with van der Waals surface area (Å²) in [4.78, 5) is 28.9. The molecular formula is C19H27N3O3. The fourth-order valence-corrected chi connectivity index (χ4v) is 3.53. The lowest BCUT2D eigenvalue weighted by atomic mass is 10.0. The highest BCUT2D eigenvalue weighted by Gasteiger charge is 2.30. The van der Waals surface area contributed by atoms with E-state index >= 15 is 0 Å². The van der Waals surface area contributed by atoms with Crippen LogP contribution in [0.15, 0.2) is 30.3 Å². The van der Waals surface area contributed by atoms with Crippen molar-refractivity contribution >= 4 is 11.8 Å². The summed E-state index contributed by atoms with van der Waals surface area (Å²) in [5, 5.41) is 2.92. The highest BCUT2D eigenvalue weighted by molar-refractivity contribution is 5.79. The van der Waals surface area contributed by atoms with E-state index in [0.717, 1.165) is 12.0 Å². The van der Waals surface area contributed by atoms with Crippen molar-refractivity contribution < 1.29 is 14.3 Å². The number of hydrogen-bond acceptors (Lipinski definition) is 4. The molecular weight excluding hydrogens is 318 g/mol. The standard InChI is InChI=1S/C19H27N3O3/c1-2-16-13-22(10-11-25-16)19(24)14-21-9-8-20-18(23)12-17(21)15-6-4-3-5-7-15/h3-7,16-17H,2,8-14H2,1H3,(H,20,23). The monoisotopic (exact) mass is 345 g/mol. The number of carbonyl (C=O) groups is 2. The van der Waals surface area contributed by atoms with Gasteiger partial charge in [0.1, 0.15) is 0 Å². The van der Waals surface area contributed by atoms with Crippen LogP contribution in [0.5, 0.6) is 0 Å². The van der Waals surface area contributed by atoms with Crippen molar-refractivity contribution in [3.05, 3.63) is 35.9 Å². The number of ether oxygens (including phenoxy) is 1. The lowest BCUT2D eigenvalue weighted by Crippen LogP contribution is -2.49. The highest BCUT2D eigenvalue weighted by atomic mass is 16.5. The van der Waals surface area contributed by atoms with Crippen molar-refractivity contribution in [2.24, 2.45) is 0 Å². The molecule has 136 valence electrons. The van der Waals surface area contributed by atoms with Gasteiger partial charge in [-0.2, -0.15) is 0 Å². The van der Waals surface area contributed by atoms with E-state index in [-0.39, 0.29) is 24.0 Å². The van der Waals surface area contributed by atoms with Crippen LogP contribution in [-0.2, 0) is 14.3 Å². The fraction of sp³-hybridized carbons (Fsp3) is 0.579. The summed E-state index contributed by atoms with van der Waals surface area (Å²) in [6.07, 6.45) is 1.44. The molecule has 1 aromatic rings. The minimum absolute atomic E-state index is 0.0428. The van der Waals surface area contributed by atoms with E-state index in [1.54, 1.807) is 0 Å². The minimum Gasteiger partial charge on any atom is -0.375 e. The van der Waals surface area contributed by atoms with E-state index in [9.17, 15) is 9.59 Å². The van der Waals surface area contributed by atoms with Gasteiger partial charge in [0.15, 0.2) is 0 Å². The van der Waals surface area contributed by atoms with Gasteiger partial charge in [-0.1, -0.05) is 37.3 Å². The van der Waals surface area contributed by atoms with Crippen molar-refractivity contribution in [1.82, 2.24) is 15.1 Å². The molecule has 2 atom stereocenters. The summed E-state index contributed by atoms with van der Waals surface area (Å²) in [5.74, 6) is 0.165. The van der Waals surface area contributed by atoms with Gasteiger partial charge in [-0.25, -0.2) is 0 Å². The molecule has 0 bridgehead atoms. The van der Waals surface area contributed by atoms with Crippen molar-refractivity contribution in [3.63, 3.8) is 0 Å². The Balaban J connectivity index is 1.71. The Morgan fingerprint density at radius 2 is 2.08 bits per heavy atom. The number of nitrogens with one attached hydrogen (secondary N) is 1. The first-order valence-corrected chi connectivity index (χ1v) is 9.12. The van der Waals surface area contributed by atoms with E-state index in [4.69, 9.17) is 4.74 Å². The maximum Gasteiger partial charge on any atom is 0.236 e. The van der Waals surface area contributed by atoms with E-state index in [0.29, 0.717) is 45.8 Å². The Morgan fingerprint density at radius 3 is 2.84 bits per heavy atom. The molecule has 6 nitrogen and oxygen atoms in total. The Labute approximate surface area is 149 Å². The fourth-order valence-electron chi connectivity index (χ4n) is 3.53. The third kappa shape index (κ3) is 4.58. The van der Waals surface area contributed by atoms with Crippen LogP contribution in [0.25, 0.3) is 0 Å². The molecule has 1 N–H and O–H groups in total. The van der Waals surface area contributed by atoms with Crippen LogP contribution >= 0.6 is 0 Å². The molecule has 2 amide bonds. The Kier molecular flexibility index (Phi) is 6.04. The minimum atomic E-state index is -0.0596. The van der Waals surface area contributed by atoms with Gasteiger partial charge >= 0.3 is 0 Å². The molecule has 0 aromatic heterocycles. The number of hydrogen-bond donors (Lipinski definition) is 1. The first-order chi connectivity index (χ1) is 12.2. The van der Waals surface area contributed by atoms with E-state index in [1.165, 1.54) is 0 Å². The van der Waals surface area contributed by atoms with Gasteiger partial charge in [0.2, 0.25) is 11.8 Å². The molecule has 0 spiro atoms. The Bertz CT molecular complexity index is 593. The molecule has 1 aromatic carbocycles. The first kappa shape index (κ1) is 17.9. The molecule has 2 aliphatic rings. The first-order valence-electron chi connectivity index (χ1n) is 9.12. The quantitative estimate of drug-likeness (QED) is 0.890. The molecule has 0 radical (unpaired) electrons. The van der Waals surface area contributed by atoms with E-state index in [2.05, 4.69) is 17.1 Å². The third-order valence-corrected chi connectivity index (χ3v) is 5.01. The SMILES string of the molecule is CCC1CN(C(=O)CN2CCNC(=O)CC2c2ccccc2)CCO1. The average Bonchev–Trinajstić information content (AvgIpc) is 2.84. The third-order valence-electron chi connectivity index (χ3n) is 5.01. The van der Waals surface area contributed by atoms with Gasteiger partial charge in [-0.3, -0.25) is 14.5 Å². The van der Waals surface area contributed by atoms with Gasteiger partial charge in [0, 0.05) is 38.6 Å². The maximum atomic E-state index is 12.8. The average molecular weight is 345 g/mol. The summed E-state index contributed by atoms with van der Waals surface area (Å²) in [6.45, 7) is 5.59. The topological polar surface area (TPSA) is 61.9 Å². The zero-order valence-electron chi connectivity index (χ0n) is 14.8. The predicted molar refractivity (Wildman–Crippen MR) is 95.0 cm³/mol. The van der Waals surface area contributed by atoms with Crippen molar-refractivity contribution in [2.45, 2.75) is 31.9 Å². The number of morpholine rings is 1. The summed E-state index contributed by atoms with van der Waals surface area (Å²) >= 11 is 0. The molecule has 6 heteroatoms. The number of benzene rings is 1. The van der Waals surface area contributed by atoms with Gasteiger partial charge in [-0.05, 0) is 12.0 Å². The summed E-state index contributed by atoms with van der Waals surface area (Å²) in [7, 11) is 0. The van der Waals surface area contributed by atoms with Crippen molar-refractivity contribution in [3.8, 4) is 0 Å². The van der Waals surface area contributed by atoms with Crippen LogP contribution in [0.4, 0.5) is 0 Å². The molecule has 2 unspecified atom stereocenters. The number of nitrogens with zero attached hydrogens (tertiary/aromatic N) is 2. The number of carbonyl (C=O) groups excluding carboxylic acids is 2. The Morgan fingerprint density at radius 1 is 1.28 bits per heavy atom. The van der Waals surface area contributed by atoms with Crippen LogP contribution in [0.1, 0.15) is 31.4 Å². The normalized spacial score (nSPS) is 25.3. The maximum absolute atomic E-state index is 12.8. The van der Waals surface area contributed by atoms with Gasteiger partial charge in [0.05, 0.1) is 19.3 Å². The smallest absolute Gasteiger partial charge is 0.236 e. The largest absolute Gasteiger partial charge is 0.375 e. The van der Waals surface area contributed by atoms with Crippen molar-refractivity contribution in [1.29, 1.82) is 0 Å². The second-order valence-electron chi connectivity index (χ2n) is 6.69. The van der Waals surface area contributed by atoms with Crippen molar-refractivity contribution in [2.75, 3.05) is 39.3 Å². The zero-order chi connectivity index (χ0) is 17.6. The molecule has 2 aliphatic heterocycles. The van der Waals surface area contributed by atoms with Crippen LogP contribution in [0.3, 0.4) is 0 Å². The van der Waals surface area contributed by atoms with E-state index < -0.39 is 0 Å². The zero-order valence-corrected chi connectivity index (χ0v) is 14.8. The summed E-state index contributed by atoms with van der Waals surface area (Å²) in [6, 6.07) is 9.92. The van der Waals surface area contributed by atoms with Crippen LogP contribution in [-0.4, -0.2) is 67.0 Å². The molecule has 2 saturated heterocycles. The molecule has 3 rings (SSSR count). The number of rotatable bonds is 4. The van der Waals surface area contributed by atoms with Crippen LogP contribution < -0.4 is 5.32 Å². The molecule has 2 heterocycles. The Hall–Kier alpha value is -1.92. The summed E-state index contributed by atoms with van der Waals surface area (Å²) < 4.78 is 5.66. The molecule has 25 heavy (non-hydrogen) atoms. The van der Waals surface area contributed by atoms with Gasteiger partial charge in [-0.15, -0.1) is 0 Å². The lowest BCUT2D eigenvalue weighted by molar-refractivity contribution is -0.140. The number of amides is 2. The highest BCUT2D eigenvalue weighted by Crippen LogP contribution is 2.25. The molecule has 2 fully saturated rings. The second kappa shape index (κ2) is 8.45. The molecule has 0 aliphatic carbocycles. The lowest BCUT2D eigenvalue weighted by Gasteiger charge is -2.35. The van der Waals surface area contributed by atoms with Crippen LogP contribution in [0.2, 0.25) is 0 Å². The van der Waals surface area contributed by atoms with Gasteiger partial charge in [0.25, 0.3) is 0 Å². The molecule has 0 saturated carbocycles. The second-order valence-corrected chi connectivity index (χ2v) is 6.69. The van der Waals surface area contributed by atoms with Crippen LogP contribution in [0, 0.1) is 0 Å². The van der Waals surface area contributed by atoms with Gasteiger partial charge < -0.3 is 15.0 Å². The predicted octanol–water partition coefficient (Wildman–Crippen LogP) is 1.19.